The Labute approximate surface area is 136 Å². The molecule has 1 fully saturated rings. The fraction of sp³-hybridized carbons (Fsp3) is 0.533. The van der Waals surface area contributed by atoms with Crippen LogP contribution in [0.4, 0.5) is 10.5 Å². The Bertz CT molecular complexity index is 669. The van der Waals surface area contributed by atoms with Gasteiger partial charge in [-0.1, -0.05) is 13.0 Å². The molecule has 1 saturated carbocycles. The Morgan fingerprint density at radius 3 is 2.70 bits per heavy atom. The smallest absolute Gasteiger partial charge is 0.319 e. The molecule has 1 aromatic carbocycles. The Morgan fingerprint density at radius 2 is 2.09 bits per heavy atom. The van der Waals surface area contributed by atoms with E-state index in [0.717, 1.165) is 12.8 Å². The molecule has 0 saturated heterocycles. The molecule has 0 bridgehead atoms. The van der Waals surface area contributed by atoms with Gasteiger partial charge in [0.25, 0.3) is 0 Å². The van der Waals surface area contributed by atoms with Crippen LogP contribution in [0, 0.1) is 0 Å². The topological polar surface area (TPSA) is 108 Å². The molecule has 2 amide bonds. The second-order valence-corrected chi connectivity index (χ2v) is 7.80. The quantitative estimate of drug-likeness (QED) is 0.601. The summed E-state index contributed by atoms with van der Waals surface area (Å²) in [4.78, 5) is 11.9. The highest BCUT2D eigenvalue weighted by atomic mass is 32.2. The SMILES string of the molecule is CC[C@](C)(O)CNC(=O)Nc1cccc(S(=O)(=O)NC2CC2)c1. The lowest BCUT2D eigenvalue weighted by Gasteiger charge is -2.21. The molecular formula is C15H23N3O4S. The highest BCUT2D eigenvalue weighted by molar-refractivity contribution is 7.89. The summed E-state index contributed by atoms with van der Waals surface area (Å²) < 4.78 is 26.9. The minimum Gasteiger partial charge on any atom is -0.388 e. The van der Waals surface area contributed by atoms with Crippen molar-refractivity contribution in [2.45, 2.75) is 49.6 Å². The lowest BCUT2D eigenvalue weighted by molar-refractivity contribution is 0.0587. The lowest BCUT2D eigenvalue weighted by Crippen LogP contribution is -2.41. The van der Waals surface area contributed by atoms with E-state index in [1.54, 1.807) is 19.1 Å². The van der Waals surface area contributed by atoms with Crippen LogP contribution >= 0.6 is 0 Å². The Hall–Kier alpha value is -1.64. The van der Waals surface area contributed by atoms with Gasteiger partial charge >= 0.3 is 6.03 Å². The number of sulfonamides is 1. The third kappa shape index (κ3) is 5.49. The van der Waals surface area contributed by atoms with Gasteiger partial charge in [-0.25, -0.2) is 17.9 Å². The van der Waals surface area contributed by atoms with Gasteiger partial charge in [-0.05, 0) is 44.4 Å². The number of amides is 2. The molecule has 2 rings (SSSR count). The van der Waals surface area contributed by atoms with E-state index in [-0.39, 0.29) is 17.5 Å². The predicted molar refractivity (Wildman–Crippen MR) is 87.7 cm³/mol. The van der Waals surface area contributed by atoms with Gasteiger partial charge < -0.3 is 15.7 Å². The molecule has 0 radical (unpaired) electrons. The van der Waals surface area contributed by atoms with Crippen LogP contribution in [0.25, 0.3) is 0 Å². The normalized spacial score (nSPS) is 17.3. The average molecular weight is 341 g/mol. The van der Waals surface area contributed by atoms with Crippen LogP contribution in [-0.2, 0) is 10.0 Å². The van der Waals surface area contributed by atoms with Gasteiger partial charge in [0, 0.05) is 18.3 Å². The van der Waals surface area contributed by atoms with Crippen molar-refractivity contribution >= 4 is 21.7 Å². The number of carbonyl (C=O) groups excluding carboxylic acids is 1. The highest BCUT2D eigenvalue weighted by Crippen LogP contribution is 2.23. The number of aliphatic hydroxyl groups is 1. The van der Waals surface area contributed by atoms with Gasteiger partial charge in [-0.2, -0.15) is 0 Å². The van der Waals surface area contributed by atoms with Crippen LogP contribution in [0.3, 0.4) is 0 Å². The van der Waals surface area contributed by atoms with Gasteiger partial charge in [-0.15, -0.1) is 0 Å². The van der Waals surface area contributed by atoms with Crippen molar-refractivity contribution in [1.29, 1.82) is 0 Å². The van der Waals surface area contributed by atoms with Crippen LogP contribution < -0.4 is 15.4 Å². The van der Waals surface area contributed by atoms with E-state index in [2.05, 4.69) is 15.4 Å². The number of rotatable bonds is 7. The van der Waals surface area contributed by atoms with Crippen molar-refractivity contribution in [3.8, 4) is 0 Å². The molecule has 0 aliphatic heterocycles. The number of hydrogen-bond acceptors (Lipinski definition) is 4. The first kappa shape index (κ1) is 17.7. The summed E-state index contributed by atoms with van der Waals surface area (Å²) in [5.74, 6) is 0. The second kappa shape index (κ2) is 6.86. The molecule has 128 valence electrons. The lowest BCUT2D eigenvalue weighted by atomic mass is 10.0. The molecule has 1 aromatic rings. The summed E-state index contributed by atoms with van der Waals surface area (Å²) in [7, 11) is -3.56. The number of carbonyl (C=O) groups is 1. The maximum absolute atomic E-state index is 12.1. The van der Waals surface area contributed by atoms with Crippen molar-refractivity contribution in [3.63, 3.8) is 0 Å². The summed E-state index contributed by atoms with van der Waals surface area (Å²) >= 11 is 0. The number of anilines is 1. The Kier molecular flexibility index (Phi) is 5.28. The van der Waals surface area contributed by atoms with E-state index < -0.39 is 21.7 Å². The zero-order valence-electron chi connectivity index (χ0n) is 13.3. The van der Waals surface area contributed by atoms with Gasteiger partial charge in [0.1, 0.15) is 0 Å². The van der Waals surface area contributed by atoms with Gasteiger partial charge in [0.2, 0.25) is 10.0 Å². The zero-order chi connectivity index (χ0) is 17.1. The highest BCUT2D eigenvalue weighted by Gasteiger charge is 2.28. The maximum atomic E-state index is 12.1. The van der Waals surface area contributed by atoms with Crippen LogP contribution in [0.15, 0.2) is 29.2 Å². The molecule has 8 heteroatoms. The molecule has 1 aliphatic rings. The van der Waals surface area contributed by atoms with Crippen molar-refractivity contribution in [2.24, 2.45) is 0 Å². The molecule has 1 aliphatic carbocycles. The number of urea groups is 1. The zero-order valence-corrected chi connectivity index (χ0v) is 14.1. The number of benzene rings is 1. The second-order valence-electron chi connectivity index (χ2n) is 6.08. The first-order chi connectivity index (χ1) is 10.7. The van der Waals surface area contributed by atoms with E-state index in [0.29, 0.717) is 12.1 Å². The Balaban J connectivity index is 1.98. The minimum atomic E-state index is -3.56. The standard InChI is InChI=1S/C15H23N3O4S/c1-3-15(2,20)10-16-14(19)17-12-5-4-6-13(9-12)23(21,22)18-11-7-8-11/h4-6,9,11,18,20H,3,7-8,10H2,1-2H3,(H2,16,17,19)/t15-/m0/s1. The van der Waals surface area contributed by atoms with Crippen LogP contribution in [0.2, 0.25) is 0 Å². The molecule has 0 spiro atoms. The number of nitrogens with one attached hydrogen (secondary N) is 3. The van der Waals surface area contributed by atoms with E-state index in [4.69, 9.17) is 0 Å². The monoisotopic (exact) mass is 341 g/mol. The molecule has 23 heavy (non-hydrogen) atoms. The molecule has 0 heterocycles. The van der Waals surface area contributed by atoms with Gasteiger partial charge in [0.05, 0.1) is 10.5 Å². The molecular weight excluding hydrogens is 318 g/mol. The van der Waals surface area contributed by atoms with Crippen molar-refractivity contribution in [2.75, 3.05) is 11.9 Å². The Morgan fingerprint density at radius 1 is 1.39 bits per heavy atom. The average Bonchev–Trinajstić information content (AvgIpc) is 3.29. The summed E-state index contributed by atoms with van der Waals surface area (Å²) in [6.07, 6.45) is 2.22. The predicted octanol–water partition coefficient (Wildman–Crippen LogP) is 1.41. The molecule has 0 unspecified atom stereocenters. The van der Waals surface area contributed by atoms with E-state index in [1.807, 2.05) is 6.92 Å². The van der Waals surface area contributed by atoms with E-state index >= 15 is 0 Å². The fourth-order valence-corrected chi connectivity index (χ4v) is 3.15. The van der Waals surface area contributed by atoms with Gasteiger partial charge in [0.15, 0.2) is 0 Å². The van der Waals surface area contributed by atoms with Gasteiger partial charge in [-0.3, -0.25) is 0 Å². The molecule has 4 N–H and O–H groups in total. The third-order valence-corrected chi connectivity index (χ3v) is 5.21. The fourth-order valence-electron chi connectivity index (χ4n) is 1.80. The summed E-state index contributed by atoms with van der Waals surface area (Å²) in [5, 5.41) is 15.0. The van der Waals surface area contributed by atoms with Crippen molar-refractivity contribution in [1.82, 2.24) is 10.0 Å². The largest absolute Gasteiger partial charge is 0.388 e. The molecule has 0 aromatic heterocycles. The van der Waals surface area contributed by atoms with Crippen LogP contribution in [0.1, 0.15) is 33.1 Å². The summed E-state index contributed by atoms with van der Waals surface area (Å²) in [6.45, 7) is 3.56. The third-order valence-electron chi connectivity index (χ3n) is 3.69. The van der Waals surface area contributed by atoms with E-state index in [1.165, 1.54) is 12.1 Å². The van der Waals surface area contributed by atoms with Crippen molar-refractivity contribution in [3.05, 3.63) is 24.3 Å². The first-order valence-corrected chi connectivity index (χ1v) is 9.10. The summed E-state index contributed by atoms with van der Waals surface area (Å²) in [6, 6.07) is 5.59. The van der Waals surface area contributed by atoms with Crippen LogP contribution in [0.5, 0.6) is 0 Å². The number of hydrogen-bond donors (Lipinski definition) is 4. The maximum Gasteiger partial charge on any atom is 0.319 e. The first-order valence-electron chi connectivity index (χ1n) is 7.61. The van der Waals surface area contributed by atoms with Crippen molar-refractivity contribution < 1.29 is 18.3 Å². The molecule has 7 nitrogen and oxygen atoms in total. The molecule has 1 atom stereocenters. The van der Waals surface area contributed by atoms with E-state index in [9.17, 15) is 18.3 Å². The van der Waals surface area contributed by atoms with Crippen LogP contribution in [-0.4, -0.2) is 37.7 Å². The minimum absolute atomic E-state index is 0.0242. The summed E-state index contributed by atoms with van der Waals surface area (Å²) in [5.41, 5.74) is -0.603.